The summed E-state index contributed by atoms with van der Waals surface area (Å²) in [5.41, 5.74) is -0.200. The van der Waals surface area contributed by atoms with Gasteiger partial charge in [-0.05, 0) is 87.5 Å². The van der Waals surface area contributed by atoms with E-state index in [1.54, 1.807) is 23.5 Å². The van der Waals surface area contributed by atoms with Gasteiger partial charge in [0.15, 0.2) is 11.9 Å². The largest absolute Gasteiger partial charge is 0.343 e. The minimum Gasteiger partial charge on any atom is -0.343 e. The van der Waals surface area contributed by atoms with Gasteiger partial charge < -0.3 is 14.8 Å². The van der Waals surface area contributed by atoms with Gasteiger partial charge in [-0.25, -0.2) is 9.78 Å². The van der Waals surface area contributed by atoms with E-state index in [4.69, 9.17) is 19.2 Å². The summed E-state index contributed by atoms with van der Waals surface area (Å²) < 4.78 is 13.3. The lowest BCUT2D eigenvalue weighted by Gasteiger charge is -2.63. The van der Waals surface area contributed by atoms with Crippen molar-refractivity contribution in [1.82, 2.24) is 0 Å². The minimum atomic E-state index is -0.785. The van der Waals surface area contributed by atoms with Crippen LogP contribution in [0.5, 0.6) is 0 Å². The lowest BCUT2D eigenvalue weighted by Crippen LogP contribution is -2.72. The molecule has 1 spiro atoms. The lowest BCUT2D eigenvalue weighted by atomic mass is 9.55. The number of ether oxygens (including phenoxy) is 2. The predicted molar refractivity (Wildman–Crippen MR) is 144 cm³/mol. The minimum absolute atomic E-state index is 0.0167. The summed E-state index contributed by atoms with van der Waals surface area (Å²) in [5.74, 6) is 1.59. The second-order valence-electron chi connectivity index (χ2n) is 11.5. The first kappa shape index (κ1) is 26.8. The number of benzene rings is 1. The van der Waals surface area contributed by atoms with E-state index in [0.29, 0.717) is 24.7 Å². The summed E-state index contributed by atoms with van der Waals surface area (Å²) in [4.78, 5) is 27.6. The van der Waals surface area contributed by atoms with Crippen LogP contribution in [0.25, 0.3) is 0 Å². The van der Waals surface area contributed by atoms with Crippen LogP contribution in [0.3, 0.4) is 0 Å². The summed E-state index contributed by atoms with van der Waals surface area (Å²) >= 11 is 3.48. The Morgan fingerprint density at radius 3 is 2.58 bits per heavy atom. The van der Waals surface area contributed by atoms with Crippen molar-refractivity contribution in [2.24, 2.45) is 23.7 Å². The zero-order valence-corrected chi connectivity index (χ0v) is 24.1. The van der Waals surface area contributed by atoms with Crippen LogP contribution in [0, 0.1) is 23.7 Å². The van der Waals surface area contributed by atoms with Crippen molar-refractivity contribution in [3.63, 3.8) is 0 Å². The van der Waals surface area contributed by atoms with Gasteiger partial charge in [-0.3, -0.25) is 4.79 Å². The molecule has 4 saturated heterocycles. The number of amides is 1. The van der Waals surface area contributed by atoms with E-state index in [1.807, 2.05) is 13.0 Å². The topological polar surface area (TPSA) is 66.0 Å². The fourth-order valence-corrected chi connectivity index (χ4v) is 8.36. The monoisotopic (exact) mass is 535 g/mol. The van der Waals surface area contributed by atoms with E-state index < -0.39 is 23.3 Å². The molecule has 8 atom stereocenters. The number of anilines is 1. The SMILES string of the molecule is CCSc1cc(NC(=O)CCC2(C)O[C@@H]3O[C@]4(C)CC[C@H]5[C@H](C)CC[C@@H]([C@H]2C)[C@@]35OO4)cc(SC)c1. The average Bonchev–Trinajstić information content (AvgIpc) is 3.07. The van der Waals surface area contributed by atoms with Crippen LogP contribution in [0.15, 0.2) is 28.0 Å². The third-order valence-electron chi connectivity index (χ3n) is 9.28. The Kier molecular flexibility index (Phi) is 7.51. The molecule has 0 radical (unpaired) electrons. The van der Waals surface area contributed by atoms with E-state index in [-0.39, 0.29) is 17.7 Å². The van der Waals surface area contributed by atoms with Crippen LogP contribution in [0.4, 0.5) is 5.69 Å². The Morgan fingerprint density at radius 2 is 1.83 bits per heavy atom. The molecular formula is C28H41NO5S2. The molecule has 1 aromatic rings. The fourth-order valence-electron chi connectivity index (χ4n) is 7.05. The quantitative estimate of drug-likeness (QED) is 0.301. The number of nitrogens with one attached hydrogen (secondary N) is 1. The van der Waals surface area contributed by atoms with E-state index in [1.165, 1.54) is 11.3 Å². The number of carbonyl (C=O) groups is 1. The van der Waals surface area contributed by atoms with Crippen LogP contribution in [0.2, 0.25) is 0 Å². The van der Waals surface area contributed by atoms with Crippen molar-refractivity contribution < 1.29 is 24.0 Å². The maximum absolute atomic E-state index is 13.1. The summed E-state index contributed by atoms with van der Waals surface area (Å²) in [7, 11) is 0. The van der Waals surface area contributed by atoms with Crippen molar-refractivity contribution in [3.05, 3.63) is 18.2 Å². The van der Waals surface area contributed by atoms with Crippen molar-refractivity contribution >= 4 is 35.1 Å². The molecule has 1 N–H and O–H groups in total. The highest BCUT2D eigenvalue weighted by atomic mass is 32.2. The van der Waals surface area contributed by atoms with E-state index in [0.717, 1.165) is 35.6 Å². The maximum atomic E-state index is 13.1. The molecule has 8 heteroatoms. The highest BCUT2D eigenvalue weighted by molar-refractivity contribution is 7.99. The molecule has 2 bridgehead atoms. The Bertz CT molecular complexity index is 993. The molecule has 1 saturated carbocycles. The molecule has 6 rings (SSSR count). The third-order valence-corrected chi connectivity index (χ3v) is 10.8. The Hall–Kier alpha value is -0.770. The third kappa shape index (κ3) is 4.64. The van der Waals surface area contributed by atoms with Gasteiger partial charge >= 0.3 is 0 Å². The van der Waals surface area contributed by atoms with Gasteiger partial charge in [0.2, 0.25) is 11.7 Å². The van der Waals surface area contributed by atoms with E-state index in [2.05, 4.69) is 51.4 Å². The van der Waals surface area contributed by atoms with Gasteiger partial charge in [0.25, 0.3) is 0 Å². The second kappa shape index (κ2) is 10.1. The maximum Gasteiger partial charge on any atom is 0.224 e. The van der Waals surface area contributed by atoms with Gasteiger partial charge in [-0.1, -0.05) is 20.8 Å². The van der Waals surface area contributed by atoms with Crippen molar-refractivity contribution in [1.29, 1.82) is 0 Å². The first-order valence-corrected chi connectivity index (χ1v) is 15.7. The Morgan fingerprint density at radius 1 is 1.06 bits per heavy atom. The normalized spacial score (nSPS) is 41.4. The van der Waals surface area contributed by atoms with Crippen LogP contribution < -0.4 is 5.32 Å². The molecule has 6 nitrogen and oxygen atoms in total. The Labute approximate surface area is 224 Å². The molecule has 200 valence electrons. The zero-order chi connectivity index (χ0) is 25.7. The number of fused-ring (bicyclic) bond motifs is 2. The van der Waals surface area contributed by atoms with Crippen molar-refractivity contribution in [3.8, 4) is 0 Å². The van der Waals surface area contributed by atoms with E-state index >= 15 is 0 Å². The second-order valence-corrected chi connectivity index (χ2v) is 13.7. The Balaban J connectivity index is 1.32. The van der Waals surface area contributed by atoms with Crippen molar-refractivity contribution in [2.45, 2.75) is 106 Å². The highest BCUT2D eigenvalue weighted by Gasteiger charge is 2.70. The standard InChI is InChI=1S/C28H41NO5S2/c1-7-36-21-15-19(14-20(16-21)35-6)29-24(30)11-12-26(4)18(3)23-9-8-17(2)22-10-13-27(5)32-25(31-26)28(22,23)34-33-27/h14-18,22-23,25H,7-13H2,1-6H3,(H,29,30)/t17-,18-,22+,23+,25-,26?,27+,28-/m1/s1. The van der Waals surface area contributed by atoms with Gasteiger partial charge in [0.05, 0.1) is 5.60 Å². The molecule has 5 aliphatic rings. The highest BCUT2D eigenvalue weighted by Crippen LogP contribution is 2.62. The van der Waals surface area contributed by atoms with Gasteiger partial charge in [-0.2, -0.15) is 0 Å². The molecule has 1 amide bonds. The van der Waals surface area contributed by atoms with Crippen LogP contribution >= 0.6 is 23.5 Å². The number of thioether (sulfide) groups is 2. The molecule has 1 aromatic carbocycles. The predicted octanol–water partition coefficient (Wildman–Crippen LogP) is 6.88. The van der Waals surface area contributed by atoms with Gasteiger partial charge in [0, 0.05) is 34.2 Å². The number of carbonyl (C=O) groups excluding carboxylic acids is 1. The fraction of sp³-hybridized carbons (Fsp3) is 0.750. The molecule has 4 aliphatic heterocycles. The van der Waals surface area contributed by atoms with Crippen molar-refractivity contribution in [2.75, 3.05) is 17.3 Å². The molecule has 36 heavy (non-hydrogen) atoms. The lowest BCUT2D eigenvalue weighted by molar-refractivity contribution is -0.576. The number of hydrogen-bond donors (Lipinski definition) is 1. The molecule has 5 fully saturated rings. The molecule has 1 unspecified atom stereocenters. The summed E-state index contributed by atoms with van der Waals surface area (Å²) in [6.07, 6.45) is 6.66. The van der Waals surface area contributed by atoms with Crippen LogP contribution in [-0.2, 0) is 24.0 Å². The smallest absolute Gasteiger partial charge is 0.224 e. The summed E-state index contributed by atoms with van der Waals surface area (Å²) in [5, 5.41) is 3.14. The first-order chi connectivity index (χ1) is 17.1. The zero-order valence-electron chi connectivity index (χ0n) is 22.4. The molecule has 0 aromatic heterocycles. The van der Waals surface area contributed by atoms with Gasteiger partial charge in [0.1, 0.15) is 0 Å². The molecule has 4 heterocycles. The number of hydrogen-bond acceptors (Lipinski definition) is 7. The first-order valence-electron chi connectivity index (χ1n) is 13.5. The number of rotatable bonds is 7. The van der Waals surface area contributed by atoms with E-state index in [9.17, 15) is 4.79 Å². The molecular weight excluding hydrogens is 494 g/mol. The van der Waals surface area contributed by atoms with Crippen LogP contribution in [0.1, 0.15) is 73.1 Å². The average molecular weight is 536 g/mol. The summed E-state index contributed by atoms with van der Waals surface area (Å²) in [6, 6.07) is 6.29. The molecule has 1 aliphatic carbocycles. The van der Waals surface area contributed by atoms with Crippen LogP contribution in [-0.4, -0.2) is 41.2 Å². The summed E-state index contributed by atoms with van der Waals surface area (Å²) in [6.45, 7) is 10.8. The van der Waals surface area contributed by atoms with Gasteiger partial charge in [-0.15, -0.1) is 23.5 Å².